The molecule has 0 heterocycles. The number of halogens is 1. The zero-order chi connectivity index (χ0) is 15.9. The predicted molar refractivity (Wildman–Crippen MR) is 83.9 cm³/mol. The zero-order valence-corrected chi connectivity index (χ0v) is 12.6. The minimum Gasteiger partial charge on any atom is -0.387 e. The van der Waals surface area contributed by atoms with Crippen LogP contribution in [0.2, 0.25) is 0 Å². The molecule has 0 aliphatic carbocycles. The number of hydrogen-bond acceptors (Lipinski definition) is 2. The maximum atomic E-state index is 12.8. The second-order valence-electron chi connectivity index (χ2n) is 5.36. The second-order valence-corrected chi connectivity index (χ2v) is 5.36. The lowest BCUT2D eigenvalue weighted by atomic mass is 10.1. The van der Waals surface area contributed by atoms with Gasteiger partial charge in [0, 0.05) is 13.0 Å². The molecular formula is C18H20FNO2. The first kappa shape index (κ1) is 16.2. The van der Waals surface area contributed by atoms with Crippen LogP contribution in [0.25, 0.3) is 0 Å². The molecule has 0 aliphatic rings. The first-order chi connectivity index (χ1) is 10.5. The second kappa shape index (κ2) is 7.71. The van der Waals surface area contributed by atoms with Crippen LogP contribution in [0.15, 0.2) is 48.5 Å². The molecule has 0 fully saturated rings. The molecule has 0 saturated carbocycles. The van der Waals surface area contributed by atoms with Gasteiger partial charge in [-0.25, -0.2) is 4.39 Å². The molecule has 0 aromatic heterocycles. The van der Waals surface area contributed by atoms with E-state index in [1.807, 2.05) is 31.2 Å². The summed E-state index contributed by atoms with van der Waals surface area (Å²) in [6.07, 6.45) is 0.210. The lowest BCUT2D eigenvalue weighted by Gasteiger charge is -2.12. The summed E-state index contributed by atoms with van der Waals surface area (Å²) in [7, 11) is 0. The molecule has 2 N–H and O–H groups in total. The highest BCUT2D eigenvalue weighted by Gasteiger charge is 2.09. The van der Waals surface area contributed by atoms with Gasteiger partial charge >= 0.3 is 0 Å². The highest BCUT2D eigenvalue weighted by molar-refractivity contribution is 5.76. The van der Waals surface area contributed by atoms with E-state index in [-0.39, 0.29) is 18.3 Å². The average Bonchev–Trinajstić information content (AvgIpc) is 2.52. The van der Waals surface area contributed by atoms with E-state index in [0.29, 0.717) is 18.4 Å². The molecule has 116 valence electrons. The van der Waals surface area contributed by atoms with Gasteiger partial charge in [-0.15, -0.1) is 0 Å². The van der Waals surface area contributed by atoms with Crippen molar-refractivity contribution in [1.82, 2.24) is 5.32 Å². The summed E-state index contributed by atoms with van der Waals surface area (Å²) in [5, 5.41) is 12.6. The first-order valence-electron chi connectivity index (χ1n) is 7.30. The van der Waals surface area contributed by atoms with E-state index in [4.69, 9.17) is 0 Å². The Hall–Kier alpha value is -2.20. The zero-order valence-electron chi connectivity index (χ0n) is 12.6. The molecule has 2 rings (SSSR count). The van der Waals surface area contributed by atoms with Gasteiger partial charge in [-0.1, -0.05) is 42.0 Å². The van der Waals surface area contributed by atoms with Crippen molar-refractivity contribution in [3.63, 3.8) is 0 Å². The largest absolute Gasteiger partial charge is 0.387 e. The van der Waals surface area contributed by atoms with Crippen LogP contribution in [0, 0.1) is 12.7 Å². The number of aliphatic hydroxyl groups excluding tert-OH is 1. The van der Waals surface area contributed by atoms with Crippen LogP contribution < -0.4 is 5.32 Å². The van der Waals surface area contributed by atoms with E-state index in [2.05, 4.69) is 5.32 Å². The maximum Gasteiger partial charge on any atom is 0.220 e. The number of hydrogen-bond donors (Lipinski definition) is 2. The van der Waals surface area contributed by atoms with Crippen molar-refractivity contribution in [2.24, 2.45) is 0 Å². The van der Waals surface area contributed by atoms with E-state index < -0.39 is 6.10 Å². The van der Waals surface area contributed by atoms with Crippen molar-refractivity contribution < 1.29 is 14.3 Å². The standard InChI is InChI=1S/C18H20FNO2/c1-13-2-4-14(5-3-13)6-11-18(22)20-12-17(21)15-7-9-16(19)10-8-15/h2-5,7-10,17,21H,6,11-12H2,1H3,(H,20,22). The van der Waals surface area contributed by atoms with Crippen molar-refractivity contribution in [2.45, 2.75) is 25.9 Å². The Morgan fingerprint density at radius 3 is 2.41 bits per heavy atom. The Bertz CT molecular complexity index is 608. The molecule has 0 bridgehead atoms. The van der Waals surface area contributed by atoms with Crippen molar-refractivity contribution in [1.29, 1.82) is 0 Å². The van der Waals surface area contributed by atoms with E-state index in [9.17, 15) is 14.3 Å². The molecule has 3 nitrogen and oxygen atoms in total. The third-order valence-electron chi connectivity index (χ3n) is 3.51. The summed E-state index contributed by atoms with van der Waals surface area (Å²) in [5.74, 6) is -0.458. The first-order valence-corrected chi connectivity index (χ1v) is 7.30. The van der Waals surface area contributed by atoms with Gasteiger partial charge < -0.3 is 10.4 Å². The summed E-state index contributed by atoms with van der Waals surface area (Å²) >= 11 is 0. The van der Waals surface area contributed by atoms with Crippen molar-refractivity contribution in [2.75, 3.05) is 6.54 Å². The van der Waals surface area contributed by atoms with Crippen LogP contribution in [-0.2, 0) is 11.2 Å². The van der Waals surface area contributed by atoms with Crippen LogP contribution in [0.3, 0.4) is 0 Å². The van der Waals surface area contributed by atoms with E-state index in [1.54, 1.807) is 0 Å². The van der Waals surface area contributed by atoms with Gasteiger partial charge in [0.2, 0.25) is 5.91 Å². The molecule has 0 spiro atoms. The smallest absolute Gasteiger partial charge is 0.220 e. The summed E-state index contributed by atoms with van der Waals surface area (Å²) in [5.41, 5.74) is 2.88. The Morgan fingerprint density at radius 1 is 1.14 bits per heavy atom. The Balaban J connectivity index is 1.75. The van der Waals surface area contributed by atoms with E-state index in [0.717, 1.165) is 5.56 Å². The van der Waals surface area contributed by atoms with Crippen molar-refractivity contribution in [3.8, 4) is 0 Å². The van der Waals surface area contributed by atoms with Gasteiger partial charge in [-0.2, -0.15) is 0 Å². The fraction of sp³-hybridized carbons (Fsp3) is 0.278. The summed E-state index contributed by atoms with van der Waals surface area (Å²) in [4.78, 5) is 11.8. The fourth-order valence-corrected chi connectivity index (χ4v) is 2.11. The Labute approximate surface area is 129 Å². The molecule has 1 atom stereocenters. The van der Waals surface area contributed by atoms with Gasteiger partial charge in [0.05, 0.1) is 6.10 Å². The summed E-state index contributed by atoms with van der Waals surface area (Å²) < 4.78 is 12.8. The van der Waals surface area contributed by atoms with Gasteiger partial charge in [0.25, 0.3) is 0 Å². The van der Waals surface area contributed by atoms with Crippen LogP contribution in [-0.4, -0.2) is 17.6 Å². The number of aryl methyl sites for hydroxylation is 2. The van der Waals surface area contributed by atoms with Crippen LogP contribution >= 0.6 is 0 Å². The van der Waals surface area contributed by atoms with Crippen LogP contribution in [0.1, 0.15) is 29.2 Å². The van der Waals surface area contributed by atoms with Gasteiger partial charge in [-0.05, 0) is 36.6 Å². The van der Waals surface area contributed by atoms with E-state index in [1.165, 1.54) is 29.8 Å². The highest BCUT2D eigenvalue weighted by Crippen LogP contribution is 2.12. The van der Waals surface area contributed by atoms with Crippen LogP contribution in [0.5, 0.6) is 0 Å². The SMILES string of the molecule is Cc1ccc(CCC(=O)NCC(O)c2ccc(F)cc2)cc1. The lowest BCUT2D eigenvalue weighted by Crippen LogP contribution is -2.28. The maximum absolute atomic E-state index is 12.8. The van der Waals surface area contributed by atoms with E-state index >= 15 is 0 Å². The average molecular weight is 301 g/mol. The van der Waals surface area contributed by atoms with Gasteiger partial charge in [-0.3, -0.25) is 4.79 Å². The highest BCUT2D eigenvalue weighted by atomic mass is 19.1. The number of rotatable bonds is 6. The number of amides is 1. The number of benzene rings is 2. The molecule has 2 aromatic rings. The number of aliphatic hydroxyl groups is 1. The monoisotopic (exact) mass is 301 g/mol. The minimum atomic E-state index is -0.830. The quantitative estimate of drug-likeness (QED) is 0.862. The molecule has 0 saturated heterocycles. The van der Waals surface area contributed by atoms with Crippen molar-refractivity contribution in [3.05, 3.63) is 71.0 Å². The summed E-state index contributed by atoms with van der Waals surface area (Å²) in [6, 6.07) is 13.7. The molecule has 0 radical (unpaired) electrons. The molecule has 22 heavy (non-hydrogen) atoms. The molecule has 1 unspecified atom stereocenters. The molecule has 1 amide bonds. The van der Waals surface area contributed by atoms with Gasteiger partial charge in [0.15, 0.2) is 0 Å². The van der Waals surface area contributed by atoms with Gasteiger partial charge in [0.1, 0.15) is 5.82 Å². The number of nitrogens with one attached hydrogen (secondary N) is 1. The molecule has 0 aliphatic heterocycles. The number of carbonyl (C=O) groups excluding carboxylic acids is 1. The minimum absolute atomic E-state index is 0.110. The fourth-order valence-electron chi connectivity index (χ4n) is 2.11. The number of carbonyl (C=O) groups is 1. The molecule has 2 aromatic carbocycles. The summed E-state index contributed by atoms with van der Waals surface area (Å²) in [6.45, 7) is 2.14. The van der Waals surface area contributed by atoms with Crippen LogP contribution in [0.4, 0.5) is 4.39 Å². The third-order valence-corrected chi connectivity index (χ3v) is 3.51. The molecule has 4 heteroatoms. The van der Waals surface area contributed by atoms with Crippen molar-refractivity contribution >= 4 is 5.91 Å². The normalized spacial score (nSPS) is 12.0. The predicted octanol–water partition coefficient (Wildman–Crippen LogP) is 2.92. The lowest BCUT2D eigenvalue weighted by molar-refractivity contribution is -0.121. The molecular weight excluding hydrogens is 281 g/mol. The Kier molecular flexibility index (Phi) is 5.67. The topological polar surface area (TPSA) is 49.3 Å². The Morgan fingerprint density at radius 2 is 1.77 bits per heavy atom. The third kappa shape index (κ3) is 4.97.